The third kappa shape index (κ3) is 3.05. The summed E-state index contributed by atoms with van der Waals surface area (Å²) in [4.78, 5) is 9.08. The van der Waals surface area contributed by atoms with Crippen molar-refractivity contribution in [2.24, 2.45) is 0 Å². The fourth-order valence-electron chi connectivity index (χ4n) is 1.82. The summed E-state index contributed by atoms with van der Waals surface area (Å²) in [5.74, 6) is 0.729. The molecule has 0 aliphatic heterocycles. The van der Waals surface area contributed by atoms with Crippen LogP contribution >= 0.6 is 0 Å². The van der Waals surface area contributed by atoms with Crippen LogP contribution in [0.2, 0.25) is 0 Å². The van der Waals surface area contributed by atoms with Crippen LogP contribution in [0.4, 0.5) is 0 Å². The van der Waals surface area contributed by atoms with Crippen molar-refractivity contribution in [2.45, 2.75) is 6.92 Å². The maximum absolute atomic E-state index is 4.60. The summed E-state index contributed by atoms with van der Waals surface area (Å²) < 4.78 is 0. The van der Waals surface area contributed by atoms with E-state index < -0.39 is 0 Å². The molecular weight excluding hydrogens is 232 g/mol. The number of aryl methyl sites for hydroxylation is 1. The van der Waals surface area contributed by atoms with E-state index in [-0.39, 0.29) is 0 Å². The minimum Gasteiger partial charge on any atom is -0.233 e. The van der Waals surface area contributed by atoms with E-state index in [1.165, 1.54) is 0 Å². The number of allylic oxidation sites excluding steroid dienone is 4. The van der Waals surface area contributed by atoms with E-state index >= 15 is 0 Å². The smallest absolute Gasteiger partial charge is 0.160 e. The normalized spacial score (nSPS) is 11.1. The predicted molar refractivity (Wildman–Crippen MR) is 80.6 cm³/mol. The van der Waals surface area contributed by atoms with Crippen LogP contribution < -0.4 is 0 Å². The fourth-order valence-corrected chi connectivity index (χ4v) is 1.82. The van der Waals surface area contributed by atoms with Gasteiger partial charge in [0.15, 0.2) is 5.82 Å². The summed E-state index contributed by atoms with van der Waals surface area (Å²) in [6, 6.07) is 11.9. The van der Waals surface area contributed by atoms with Crippen molar-refractivity contribution in [2.75, 3.05) is 0 Å². The van der Waals surface area contributed by atoms with Gasteiger partial charge in [-0.1, -0.05) is 61.7 Å². The van der Waals surface area contributed by atoms with Crippen LogP contribution in [0.1, 0.15) is 11.4 Å². The number of nitrogens with zero attached hydrogens (tertiary/aromatic N) is 2. The molecule has 0 fully saturated rings. The topological polar surface area (TPSA) is 25.8 Å². The maximum Gasteiger partial charge on any atom is 0.160 e. The molecule has 0 spiro atoms. The molecular formula is C17H16N2. The summed E-state index contributed by atoms with van der Waals surface area (Å²) in [5.41, 5.74) is 3.74. The second-order valence-corrected chi connectivity index (χ2v) is 4.15. The minimum atomic E-state index is 0.729. The van der Waals surface area contributed by atoms with Gasteiger partial charge in [-0.2, -0.15) is 0 Å². The average molecular weight is 248 g/mol. The first-order valence-corrected chi connectivity index (χ1v) is 6.11. The first kappa shape index (κ1) is 13.0. The molecule has 1 aromatic heterocycles. The molecule has 1 aromatic carbocycles. The van der Waals surface area contributed by atoms with Crippen LogP contribution in [0.15, 0.2) is 67.8 Å². The lowest BCUT2D eigenvalue weighted by atomic mass is 10.1. The van der Waals surface area contributed by atoms with Gasteiger partial charge in [0.05, 0.1) is 5.69 Å². The summed E-state index contributed by atoms with van der Waals surface area (Å²) in [7, 11) is 0. The molecule has 0 aliphatic rings. The van der Waals surface area contributed by atoms with Crippen molar-refractivity contribution in [3.63, 3.8) is 0 Å². The highest BCUT2D eigenvalue weighted by atomic mass is 14.9. The molecule has 0 N–H and O–H groups in total. The Kier molecular flexibility index (Phi) is 4.04. The summed E-state index contributed by atoms with van der Waals surface area (Å²) in [5, 5.41) is 0. The Hall–Kier alpha value is -2.48. The SMILES string of the molecule is C=C/C=C(\C=C)c1cc(C)nc(-c2ccccc2)n1. The molecule has 19 heavy (non-hydrogen) atoms. The Bertz CT molecular complexity index is 625. The second kappa shape index (κ2) is 5.91. The highest BCUT2D eigenvalue weighted by Crippen LogP contribution is 2.20. The lowest BCUT2D eigenvalue weighted by molar-refractivity contribution is 1.09. The lowest BCUT2D eigenvalue weighted by Gasteiger charge is -2.06. The number of hydrogen-bond donors (Lipinski definition) is 0. The van der Waals surface area contributed by atoms with E-state index in [0.717, 1.165) is 28.3 Å². The summed E-state index contributed by atoms with van der Waals surface area (Å²) in [6.07, 6.45) is 5.40. The van der Waals surface area contributed by atoms with Gasteiger partial charge in [-0.3, -0.25) is 0 Å². The maximum atomic E-state index is 4.60. The van der Waals surface area contributed by atoms with E-state index in [4.69, 9.17) is 0 Å². The van der Waals surface area contributed by atoms with Gasteiger partial charge in [0.2, 0.25) is 0 Å². The average Bonchev–Trinajstić information content (AvgIpc) is 2.45. The molecule has 0 amide bonds. The first-order valence-electron chi connectivity index (χ1n) is 6.11. The zero-order chi connectivity index (χ0) is 13.7. The number of aromatic nitrogens is 2. The van der Waals surface area contributed by atoms with Gasteiger partial charge in [0.25, 0.3) is 0 Å². The first-order chi connectivity index (χ1) is 9.24. The van der Waals surface area contributed by atoms with Crippen LogP contribution in [0.25, 0.3) is 17.0 Å². The minimum absolute atomic E-state index is 0.729. The molecule has 0 unspecified atom stereocenters. The molecule has 0 atom stereocenters. The van der Waals surface area contributed by atoms with Gasteiger partial charge < -0.3 is 0 Å². The second-order valence-electron chi connectivity index (χ2n) is 4.15. The van der Waals surface area contributed by atoms with E-state index in [1.54, 1.807) is 12.2 Å². The molecule has 2 rings (SSSR count). The summed E-state index contributed by atoms with van der Waals surface area (Å²) >= 11 is 0. The Balaban J connectivity index is 2.55. The van der Waals surface area contributed by atoms with Gasteiger partial charge in [-0.25, -0.2) is 9.97 Å². The molecule has 94 valence electrons. The van der Waals surface area contributed by atoms with Gasteiger partial charge >= 0.3 is 0 Å². The van der Waals surface area contributed by atoms with Crippen LogP contribution in [-0.2, 0) is 0 Å². The molecule has 0 saturated carbocycles. The zero-order valence-corrected chi connectivity index (χ0v) is 11.0. The zero-order valence-electron chi connectivity index (χ0n) is 11.0. The third-order valence-corrected chi connectivity index (χ3v) is 2.70. The van der Waals surface area contributed by atoms with E-state index in [0.29, 0.717) is 0 Å². The largest absolute Gasteiger partial charge is 0.233 e. The van der Waals surface area contributed by atoms with Crippen molar-refractivity contribution < 1.29 is 0 Å². The van der Waals surface area contributed by atoms with Crippen LogP contribution in [0.5, 0.6) is 0 Å². The Morgan fingerprint density at radius 1 is 1.11 bits per heavy atom. The molecule has 2 aromatic rings. The number of hydrogen-bond acceptors (Lipinski definition) is 2. The van der Waals surface area contributed by atoms with Crippen molar-refractivity contribution in [1.29, 1.82) is 0 Å². The van der Waals surface area contributed by atoms with Crippen LogP contribution in [-0.4, -0.2) is 9.97 Å². The molecule has 0 aliphatic carbocycles. The highest BCUT2D eigenvalue weighted by molar-refractivity contribution is 5.73. The third-order valence-electron chi connectivity index (χ3n) is 2.70. The fraction of sp³-hybridized carbons (Fsp3) is 0.0588. The Morgan fingerprint density at radius 3 is 2.47 bits per heavy atom. The van der Waals surface area contributed by atoms with E-state index in [9.17, 15) is 0 Å². The molecule has 0 saturated heterocycles. The Labute approximate surface area is 113 Å². The standard InChI is InChI=1S/C17H16N2/c1-4-9-14(5-2)16-12-13(3)18-17(19-16)15-10-7-6-8-11-15/h4-12H,1-2H2,3H3/b14-9+. The van der Waals surface area contributed by atoms with Gasteiger partial charge in [0, 0.05) is 11.3 Å². The summed E-state index contributed by atoms with van der Waals surface area (Å²) in [6.45, 7) is 9.49. The van der Waals surface area contributed by atoms with Crippen LogP contribution in [0.3, 0.4) is 0 Å². The molecule has 1 heterocycles. The number of benzene rings is 1. The van der Waals surface area contributed by atoms with Gasteiger partial charge in [-0.05, 0) is 18.6 Å². The molecule has 0 bridgehead atoms. The van der Waals surface area contributed by atoms with Crippen molar-refractivity contribution in [3.05, 3.63) is 79.2 Å². The highest BCUT2D eigenvalue weighted by Gasteiger charge is 2.06. The van der Waals surface area contributed by atoms with Crippen molar-refractivity contribution in [3.8, 4) is 11.4 Å². The van der Waals surface area contributed by atoms with Gasteiger partial charge in [-0.15, -0.1) is 0 Å². The van der Waals surface area contributed by atoms with Crippen molar-refractivity contribution in [1.82, 2.24) is 9.97 Å². The van der Waals surface area contributed by atoms with Crippen LogP contribution in [0, 0.1) is 6.92 Å². The Morgan fingerprint density at radius 2 is 1.84 bits per heavy atom. The molecule has 0 radical (unpaired) electrons. The quantitative estimate of drug-likeness (QED) is 0.757. The van der Waals surface area contributed by atoms with E-state index in [2.05, 4.69) is 23.1 Å². The molecule has 2 nitrogen and oxygen atoms in total. The molecule has 2 heteroatoms. The monoisotopic (exact) mass is 248 g/mol. The lowest BCUT2D eigenvalue weighted by Crippen LogP contribution is -1.96. The predicted octanol–water partition coefficient (Wildman–Crippen LogP) is 4.21. The van der Waals surface area contributed by atoms with Crippen molar-refractivity contribution >= 4 is 5.57 Å². The van der Waals surface area contributed by atoms with Gasteiger partial charge in [0.1, 0.15) is 0 Å². The van der Waals surface area contributed by atoms with E-state index in [1.807, 2.05) is 49.4 Å². The number of rotatable bonds is 4.